The predicted molar refractivity (Wildman–Crippen MR) is 108 cm³/mol. The van der Waals surface area contributed by atoms with Crippen LogP contribution in [0, 0.1) is 0 Å². The minimum Gasteiger partial charge on any atom is -0.355 e. The number of carbonyl (C=O) groups is 2. The molecule has 0 aromatic carbocycles. The molecule has 0 saturated carbocycles. The van der Waals surface area contributed by atoms with E-state index in [2.05, 4.69) is 10.6 Å². The maximum Gasteiger partial charge on any atom is 0.220 e. The molecule has 2 amide bonds. The summed E-state index contributed by atoms with van der Waals surface area (Å²) in [7, 11) is 0. The molecule has 28 heavy (non-hydrogen) atoms. The van der Waals surface area contributed by atoms with Crippen molar-refractivity contribution >= 4 is 11.8 Å². The summed E-state index contributed by atoms with van der Waals surface area (Å²) < 4.78 is 20.9. The summed E-state index contributed by atoms with van der Waals surface area (Å²) in [5.74, 6) is 0.0753. The van der Waals surface area contributed by atoms with Crippen molar-refractivity contribution in [2.75, 3.05) is 46.5 Å². The molecule has 0 saturated heterocycles. The average Bonchev–Trinajstić information content (AvgIpc) is 2.66. The van der Waals surface area contributed by atoms with Gasteiger partial charge in [0.05, 0.1) is 19.3 Å². The summed E-state index contributed by atoms with van der Waals surface area (Å²) in [5.41, 5.74) is 0. The molecule has 0 aromatic rings. The van der Waals surface area contributed by atoms with Crippen molar-refractivity contribution in [2.24, 2.45) is 0 Å². The molecule has 0 aliphatic heterocycles. The Labute approximate surface area is 170 Å². The molecular formula is C20H40N2O6. The topological polar surface area (TPSA) is 95.1 Å². The lowest BCUT2D eigenvalue weighted by molar-refractivity contribution is -0.123. The van der Waals surface area contributed by atoms with Crippen LogP contribution >= 0.6 is 0 Å². The second-order valence-electron chi connectivity index (χ2n) is 6.79. The van der Waals surface area contributed by atoms with Gasteiger partial charge in [0.15, 0.2) is 0 Å². The van der Waals surface area contributed by atoms with Crippen LogP contribution in [-0.2, 0) is 28.5 Å². The van der Waals surface area contributed by atoms with E-state index in [1.165, 1.54) is 0 Å². The lowest BCUT2D eigenvalue weighted by atomic mass is 10.1. The fourth-order valence-corrected chi connectivity index (χ4v) is 2.19. The van der Waals surface area contributed by atoms with Crippen LogP contribution in [0.4, 0.5) is 0 Å². The number of amides is 2. The lowest BCUT2D eigenvalue weighted by Gasteiger charge is -2.09. The molecule has 0 spiro atoms. The van der Waals surface area contributed by atoms with Crippen LogP contribution in [0.15, 0.2) is 0 Å². The third kappa shape index (κ3) is 21.1. The molecule has 0 radical (unpaired) electrons. The van der Waals surface area contributed by atoms with Crippen molar-refractivity contribution in [1.29, 1.82) is 0 Å². The molecule has 0 bridgehead atoms. The molecule has 166 valence electrons. The van der Waals surface area contributed by atoms with Crippen LogP contribution in [0.25, 0.3) is 0 Å². The van der Waals surface area contributed by atoms with Gasteiger partial charge in [0.2, 0.25) is 11.8 Å². The van der Waals surface area contributed by atoms with Crippen molar-refractivity contribution in [2.45, 2.75) is 71.8 Å². The van der Waals surface area contributed by atoms with E-state index < -0.39 is 0 Å². The van der Waals surface area contributed by atoms with Crippen LogP contribution in [-0.4, -0.2) is 64.4 Å². The monoisotopic (exact) mass is 404 g/mol. The van der Waals surface area contributed by atoms with E-state index in [0.29, 0.717) is 45.8 Å². The van der Waals surface area contributed by atoms with Gasteiger partial charge < -0.3 is 29.6 Å². The Morgan fingerprint density at radius 2 is 1.25 bits per heavy atom. The lowest BCUT2D eigenvalue weighted by Crippen LogP contribution is -2.27. The number of carbonyl (C=O) groups excluding carboxylic acids is 2. The van der Waals surface area contributed by atoms with E-state index in [1.54, 1.807) is 0 Å². The Morgan fingerprint density at radius 1 is 0.750 bits per heavy atom. The number of rotatable bonds is 20. The highest BCUT2D eigenvalue weighted by molar-refractivity contribution is 5.76. The van der Waals surface area contributed by atoms with Gasteiger partial charge in [0.25, 0.3) is 0 Å². The molecule has 0 heterocycles. The maximum atomic E-state index is 11.7. The molecule has 8 heteroatoms. The largest absolute Gasteiger partial charge is 0.355 e. The van der Waals surface area contributed by atoms with Crippen molar-refractivity contribution in [3.05, 3.63) is 0 Å². The first-order valence-corrected chi connectivity index (χ1v) is 10.4. The highest BCUT2D eigenvalue weighted by Crippen LogP contribution is 2.05. The average molecular weight is 405 g/mol. The molecule has 0 rings (SSSR count). The number of ether oxygens (including phenoxy) is 4. The van der Waals surface area contributed by atoms with Crippen molar-refractivity contribution in [1.82, 2.24) is 10.6 Å². The zero-order chi connectivity index (χ0) is 20.9. The summed E-state index contributed by atoms with van der Waals surface area (Å²) in [5, 5.41) is 5.64. The number of nitrogens with one attached hydrogen (secondary N) is 2. The van der Waals surface area contributed by atoms with Gasteiger partial charge in [-0.3, -0.25) is 9.59 Å². The molecule has 8 nitrogen and oxygen atoms in total. The molecule has 0 atom stereocenters. The number of hydrogen-bond acceptors (Lipinski definition) is 6. The van der Waals surface area contributed by atoms with E-state index in [1.807, 2.05) is 20.8 Å². The van der Waals surface area contributed by atoms with E-state index in [4.69, 9.17) is 18.9 Å². The SMILES string of the molecule is CCCOCOCCNC(=O)CCCCCCC(=O)NCCOCOC(C)C. The molecule has 2 N–H and O–H groups in total. The quantitative estimate of drug-likeness (QED) is 0.239. The normalized spacial score (nSPS) is 11.0. The second-order valence-corrected chi connectivity index (χ2v) is 6.79. The van der Waals surface area contributed by atoms with Crippen LogP contribution in [0.1, 0.15) is 65.7 Å². The Balaban J connectivity index is 3.30. The molecule has 0 aliphatic rings. The van der Waals surface area contributed by atoms with Crippen LogP contribution < -0.4 is 10.6 Å². The van der Waals surface area contributed by atoms with Gasteiger partial charge in [-0.2, -0.15) is 0 Å². The van der Waals surface area contributed by atoms with Gasteiger partial charge in [-0.05, 0) is 33.1 Å². The first-order chi connectivity index (χ1) is 13.6. The van der Waals surface area contributed by atoms with Crippen molar-refractivity contribution < 1.29 is 28.5 Å². The Hall–Kier alpha value is -1.22. The fourth-order valence-electron chi connectivity index (χ4n) is 2.19. The maximum absolute atomic E-state index is 11.7. The number of unbranched alkanes of at least 4 members (excludes halogenated alkanes) is 3. The smallest absolute Gasteiger partial charge is 0.220 e. The van der Waals surface area contributed by atoms with Crippen molar-refractivity contribution in [3.63, 3.8) is 0 Å². The minimum absolute atomic E-state index is 0.0361. The van der Waals surface area contributed by atoms with Gasteiger partial charge in [-0.1, -0.05) is 19.8 Å². The third-order valence-corrected chi connectivity index (χ3v) is 3.69. The van der Waals surface area contributed by atoms with E-state index in [9.17, 15) is 9.59 Å². The Kier molecular flexibility index (Phi) is 19.6. The Morgan fingerprint density at radius 3 is 1.75 bits per heavy atom. The Bertz CT molecular complexity index is 380. The zero-order valence-corrected chi connectivity index (χ0v) is 17.9. The van der Waals surface area contributed by atoms with E-state index in [0.717, 1.165) is 32.1 Å². The highest BCUT2D eigenvalue weighted by atomic mass is 16.7. The predicted octanol–water partition coefficient (Wildman–Crippen LogP) is 2.36. The van der Waals surface area contributed by atoms with Gasteiger partial charge in [0.1, 0.15) is 13.6 Å². The van der Waals surface area contributed by atoms with Gasteiger partial charge in [-0.15, -0.1) is 0 Å². The van der Waals surface area contributed by atoms with E-state index >= 15 is 0 Å². The van der Waals surface area contributed by atoms with Crippen LogP contribution in [0.5, 0.6) is 0 Å². The molecule has 0 fully saturated rings. The van der Waals surface area contributed by atoms with Crippen LogP contribution in [0.2, 0.25) is 0 Å². The standard InChI is InChI=1S/C20H40N2O6/c1-4-13-25-16-26-14-11-21-19(23)9-7-5-6-8-10-20(24)22-12-15-27-17-28-18(2)3/h18H,4-17H2,1-3H3,(H,21,23)(H,22,24). The molecule has 0 aliphatic carbocycles. The van der Waals surface area contributed by atoms with Crippen molar-refractivity contribution in [3.8, 4) is 0 Å². The molecule has 0 unspecified atom stereocenters. The third-order valence-electron chi connectivity index (χ3n) is 3.69. The summed E-state index contributed by atoms with van der Waals surface area (Å²) in [6.45, 7) is 9.05. The second kappa shape index (κ2) is 20.5. The summed E-state index contributed by atoms with van der Waals surface area (Å²) in [6.07, 6.45) is 5.67. The molecular weight excluding hydrogens is 364 g/mol. The van der Waals surface area contributed by atoms with Gasteiger partial charge in [0, 0.05) is 32.5 Å². The van der Waals surface area contributed by atoms with Gasteiger partial charge in [-0.25, -0.2) is 0 Å². The number of hydrogen-bond donors (Lipinski definition) is 2. The zero-order valence-electron chi connectivity index (χ0n) is 17.9. The molecule has 0 aromatic heterocycles. The van der Waals surface area contributed by atoms with Gasteiger partial charge >= 0.3 is 0 Å². The van der Waals surface area contributed by atoms with Crippen LogP contribution in [0.3, 0.4) is 0 Å². The first kappa shape index (κ1) is 26.8. The summed E-state index contributed by atoms with van der Waals surface area (Å²) in [6, 6.07) is 0. The first-order valence-electron chi connectivity index (χ1n) is 10.4. The highest BCUT2D eigenvalue weighted by Gasteiger charge is 2.03. The summed E-state index contributed by atoms with van der Waals surface area (Å²) in [4.78, 5) is 23.3. The fraction of sp³-hybridized carbons (Fsp3) is 0.900. The van der Waals surface area contributed by atoms with E-state index in [-0.39, 0.29) is 31.5 Å². The summed E-state index contributed by atoms with van der Waals surface area (Å²) >= 11 is 0. The minimum atomic E-state index is 0.0361.